The maximum Gasteiger partial charge on any atom is 0.339 e. The molecule has 0 aromatic carbocycles. The number of rotatable bonds is 5. The summed E-state index contributed by atoms with van der Waals surface area (Å²) in [6, 6.07) is 0.141. The molecule has 0 bridgehead atoms. The molecule has 0 radical (unpaired) electrons. The second kappa shape index (κ2) is 6.17. The summed E-state index contributed by atoms with van der Waals surface area (Å²) in [7, 11) is 0. The van der Waals surface area contributed by atoms with Crippen LogP contribution in [0.15, 0.2) is 0 Å². The number of carboxylic acids is 1. The van der Waals surface area contributed by atoms with Crippen LogP contribution in [0.25, 0.3) is 0 Å². The first-order valence-corrected chi connectivity index (χ1v) is 7.05. The maximum atomic E-state index is 11.4. The molecule has 0 saturated carbocycles. The van der Waals surface area contributed by atoms with Crippen LogP contribution in [0.2, 0.25) is 0 Å². The van der Waals surface area contributed by atoms with Crippen molar-refractivity contribution in [2.75, 3.05) is 25.0 Å². The Morgan fingerprint density at radius 3 is 2.60 bits per heavy atom. The molecule has 0 aliphatic carbocycles. The fourth-order valence-corrected chi connectivity index (χ4v) is 2.60. The Morgan fingerprint density at radius 1 is 1.35 bits per heavy atom. The van der Waals surface area contributed by atoms with Gasteiger partial charge in [-0.2, -0.15) is 5.10 Å². The zero-order valence-corrected chi connectivity index (χ0v) is 12.3. The third-order valence-electron chi connectivity index (χ3n) is 3.78. The van der Waals surface area contributed by atoms with Gasteiger partial charge in [0, 0.05) is 12.6 Å². The number of carbonyl (C=O) groups is 1. The fourth-order valence-electron chi connectivity index (χ4n) is 2.60. The van der Waals surface area contributed by atoms with Crippen molar-refractivity contribution in [1.29, 1.82) is 0 Å². The minimum Gasteiger partial charge on any atom is -0.478 e. The molecule has 20 heavy (non-hydrogen) atoms. The van der Waals surface area contributed by atoms with Gasteiger partial charge in [-0.1, -0.05) is 0 Å². The molecule has 6 heteroatoms. The first-order chi connectivity index (χ1) is 9.49. The molecule has 2 heterocycles. The van der Waals surface area contributed by atoms with E-state index in [4.69, 9.17) is 0 Å². The topological polar surface area (TPSA) is 78.4 Å². The summed E-state index contributed by atoms with van der Waals surface area (Å²) in [5.41, 5.74) is 1.55. The van der Waals surface area contributed by atoms with Crippen molar-refractivity contribution in [3.63, 3.8) is 0 Å². The Morgan fingerprint density at radius 2 is 2.00 bits per heavy atom. The standard InChI is InChI=1S/C14H22N4O2/c1-9(8-18-6-4-5-7-18)15-13-12(14(19)20)10(2)11(3)16-17-13/h9H,4-8H2,1-3H3,(H,15,17)(H,19,20). The number of hydrogen-bond donors (Lipinski definition) is 2. The molecule has 2 rings (SSSR count). The average molecular weight is 278 g/mol. The van der Waals surface area contributed by atoms with E-state index in [9.17, 15) is 9.90 Å². The highest BCUT2D eigenvalue weighted by Crippen LogP contribution is 2.19. The van der Waals surface area contributed by atoms with Gasteiger partial charge in [0.05, 0.1) is 5.69 Å². The van der Waals surface area contributed by atoms with E-state index in [-0.39, 0.29) is 11.6 Å². The minimum absolute atomic E-state index is 0.141. The molecule has 1 aliphatic heterocycles. The van der Waals surface area contributed by atoms with Crippen molar-refractivity contribution in [3.8, 4) is 0 Å². The van der Waals surface area contributed by atoms with Crippen molar-refractivity contribution in [1.82, 2.24) is 15.1 Å². The molecule has 2 N–H and O–H groups in total. The molecule has 0 amide bonds. The van der Waals surface area contributed by atoms with Crippen molar-refractivity contribution in [2.24, 2.45) is 0 Å². The highest BCUT2D eigenvalue weighted by Gasteiger charge is 2.20. The Bertz CT molecular complexity index is 498. The Kier molecular flexibility index (Phi) is 4.54. The number of nitrogens with one attached hydrogen (secondary N) is 1. The molecular weight excluding hydrogens is 256 g/mol. The largest absolute Gasteiger partial charge is 0.478 e. The smallest absolute Gasteiger partial charge is 0.339 e. The van der Waals surface area contributed by atoms with Gasteiger partial charge in [-0.25, -0.2) is 4.79 Å². The number of anilines is 1. The molecule has 110 valence electrons. The molecule has 1 fully saturated rings. The van der Waals surface area contributed by atoms with Crippen LogP contribution in [-0.2, 0) is 0 Å². The van der Waals surface area contributed by atoms with Gasteiger partial charge in [-0.3, -0.25) is 0 Å². The SMILES string of the molecule is Cc1nnc(NC(C)CN2CCCC2)c(C(=O)O)c1C. The van der Waals surface area contributed by atoms with Crippen LogP contribution in [0.5, 0.6) is 0 Å². The average Bonchev–Trinajstić information content (AvgIpc) is 2.86. The van der Waals surface area contributed by atoms with E-state index >= 15 is 0 Å². The number of hydrogen-bond acceptors (Lipinski definition) is 5. The van der Waals surface area contributed by atoms with Crippen LogP contribution in [0.1, 0.15) is 41.4 Å². The lowest BCUT2D eigenvalue weighted by molar-refractivity contribution is 0.0696. The third kappa shape index (κ3) is 3.25. The molecular formula is C14H22N4O2. The summed E-state index contributed by atoms with van der Waals surface area (Å²) in [4.78, 5) is 13.8. The highest BCUT2D eigenvalue weighted by molar-refractivity contribution is 5.94. The van der Waals surface area contributed by atoms with Gasteiger partial charge in [0.1, 0.15) is 5.56 Å². The molecule has 1 aliphatic rings. The summed E-state index contributed by atoms with van der Waals surface area (Å²) in [6.45, 7) is 8.72. The predicted molar refractivity (Wildman–Crippen MR) is 77.2 cm³/mol. The molecule has 1 unspecified atom stereocenters. The second-order valence-electron chi connectivity index (χ2n) is 5.49. The first-order valence-electron chi connectivity index (χ1n) is 7.05. The first kappa shape index (κ1) is 14.7. The van der Waals surface area contributed by atoms with Gasteiger partial charge in [0.2, 0.25) is 0 Å². The van der Waals surface area contributed by atoms with Crippen LogP contribution in [0.4, 0.5) is 5.82 Å². The lowest BCUT2D eigenvalue weighted by atomic mass is 10.1. The molecule has 1 atom stereocenters. The van der Waals surface area contributed by atoms with E-state index < -0.39 is 5.97 Å². The van der Waals surface area contributed by atoms with E-state index in [2.05, 4.69) is 20.4 Å². The summed E-state index contributed by atoms with van der Waals surface area (Å²) in [5, 5.41) is 20.6. The number of nitrogens with zero attached hydrogens (tertiary/aromatic N) is 3. The summed E-state index contributed by atoms with van der Waals surface area (Å²) < 4.78 is 0. The number of aryl methyl sites for hydroxylation is 1. The third-order valence-corrected chi connectivity index (χ3v) is 3.78. The van der Waals surface area contributed by atoms with Crippen LogP contribution >= 0.6 is 0 Å². The van der Waals surface area contributed by atoms with Crippen LogP contribution in [0.3, 0.4) is 0 Å². The summed E-state index contributed by atoms with van der Waals surface area (Å²) in [6.07, 6.45) is 2.49. The monoisotopic (exact) mass is 278 g/mol. The number of aromatic carboxylic acids is 1. The summed E-state index contributed by atoms with van der Waals surface area (Å²) >= 11 is 0. The Hall–Kier alpha value is -1.69. The van der Waals surface area contributed by atoms with Gasteiger partial charge >= 0.3 is 5.97 Å². The quantitative estimate of drug-likeness (QED) is 0.853. The van der Waals surface area contributed by atoms with Gasteiger partial charge < -0.3 is 15.3 Å². The Labute approximate surface area is 119 Å². The lowest BCUT2D eigenvalue weighted by Crippen LogP contribution is -2.33. The number of likely N-dealkylation sites (tertiary alicyclic amines) is 1. The van der Waals surface area contributed by atoms with E-state index in [1.807, 2.05) is 6.92 Å². The predicted octanol–water partition coefficient (Wildman–Crippen LogP) is 1.69. The number of carboxylic acid groups (broad SMARTS) is 1. The molecule has 0 spiro atoms. The van der Waals surface area contributed by atoms with Crippen LogP contribution in [-0.4, -0.2) is 51.8 Å². The van der Waals surface area contributed by atoms with Gasteiger partial charge in [0.25, 0.3) is 0 Å². The zero-order valence-electron chi connectivity index (χ0n) is 12.3. The number of aromatic nitrogens is 2. The molecule has 1 saturated heterocycles. The van der Waals surface area contributed by atoms with Gasteiger partial charge in [-0.05, 0) is 52.3 Å². The van der Waals surface area contributed by atoms with E-state index in [1.54, 1.807) is 13.8 Å². The van der Waals surface area contributed by atoms with Crippen LogP contribution < -0.4 is 5.32 Å². The fraction of sp³-hybridized carbons (Fsp3) is 0.643. The zero-order chi connectivity index (χ0) is 14.7. The van der Waals surface area contributed by atoms with E-state index in [1.165, 1.54) is 12.8 Å². The van der Waals surface area contributed by atoms with Crippen molar-refractivity contribution < 1.29 is 9.90 Å². The van der Waals surface area contributed by atoms with Gasteiger partial charge in [-0.15, -0.1) is 5.10 Å². The Balaban J connectivity index is 2.11. The van der Waals surface area contributed by atoms with Crippen molar-refractivity contribution >= 4 is 11.8 Å². The van der Waals surface area contributed by atoms with Gasteiger partial charge in [0.15, 0.2) is 5.82 Å². The minimum atomic E-state index is -0.962. The van der Waals surface area contributed by atoms with E-state index in [0.29, 0.717) is 17.1 Å². The molecule has 1 aromatic heterocycles. The normalized spacial score (nSPS) is 17.1. The highest BCUT2D eigenvalue weighted by atomic mass is 16.4. The second-order valence-corrected chi connectivity index (χ2v) is 5.49. The van der Waals surface area contributed by atoms with Crippen molar-refractivity contribution in [2.45, 2.75) is 39.7 Å². The van der Waals surface area contributed by atoms with Crippen LogP contribution in [0, 0.1) is 13.8 Å². The lowest BCUT2D eigenvalue weighted by Gasteiger charge is -2.22. The molecule has 6 nitrogen and oxygen atoms in total. The van der Waals surface area contributed by atoms with E-state index in [0.717, 1.165) is 19.6 Å². The molecule has 1 aromatic rings. The van der Waals surface area contributed by atoms with Crippen molar-refractivity contribution in [3.05, 3.63) is 16.8 Å². The maximum absolute atomic E-state index is 11.4. The summed E-state index contributed by atoms with van der Waals surface area (Å²) in [5.74, 6) is -0.594.